The van der Waals surface area contributed by atoms with Crippen LogP contribution in [-0.2, 0) is 6.54 Å². The van der Waals surface area contributed by atoms with Gasteiger partial charge in [-0.1, -0.05) is 36.4 Å². The standard InChI is InChI=1S/C15H18N2/c1-13(2)17(15-10-6-7-11-16-15)12-14-8-4-3-5-9-14/h3-11,13H,12H2,1-2H3/q+1. The molecular weight excluding hydrogens is 208 g/mol. The van der Waals surface area contributed by atoms with E-state index in [0.29, 0.717) is 6.04 Å². The maximum atomic E-state index is 4.42. The summed E-state index contributed by atoms with van der Waals surface area (Å²) in [6.07, 6.45) is 1.84. The molecule has 0 amide bonds. The summed E-state index contributed by atoms with van der Waals surface area (Å²) in [4.78, 5) is 6.72. The number of hydrogen-bond donors (Lipinski definition) is 0. The lowest BCUT2D eigenvalue weighted by Crippen LogP contribution is -2.32. The molecule has 0 saturated carbocycles. The highest BCUT2D eigenvalue weighted by Crippen LogP contribution is 2.16. The van der Waals surface area contributed by atoms with E-state index in [1.54, 1.807) is 0 Å². The lowest BCUT2D eigenvalue weighted by atomic mass is 10.2. The lowest BCUT2D eigenvalue weighted by Gasteiger charge is -2.14. The summed E-state index contributed by atoms with van der Waals surface area (Å²) in [5, 5.41) is 0. The van der Waals surface area contributed by atoms with E-state index in [0.717, 1.165) is 12.4 Å². The number of hydrogen-bond acceptors (Lipinski definition) is 2. The smallest absolute Gasteiger partial charge is 0.201 e. The third kappa shape index (κ3) is 3.14. The van der Waals surface area contributed by atoms with Gasteiger partial charge in [0.2, 0.25) is 0 Å². The van der Waals surface area contributed by atoms with Crippen LogP contribution in [0.1, 0.15) is 19.4 Å². The van der Waals surface area contributed by atoms with E-state index < -0.39 is 0 Å². The van der Waals surface area contributed by atoms with E-state index in [2.05, 4.69) is 54.1 Å². The molecule has 1 radical (unpaired) electrons. The van der Waals surface area contributed by atoms with Crippen molar-refractivity contribution in [2.24, 2.45) is 0 Å². The Balaban J connectivity index is 2.20. The van der Waals surface area contributed by atoms with Gasteiger partial charge in [0.25, 0.3) is 5.82 Å². The fourth-order valence-corrected chi connectivity index (χ4v) is 1.83. The van der Waals surface area contributed by atoms with Crippen molar-refractivity contribution < 1.29 is 0 Å². The first kappa shape index (κ1) is 11.8. The summed E-state index contributed by atoms with van der Waals surface area (Å²) in [5.41, 5.74) is 1.31. The van der Waals surface area contributed by atoms with Crippen LogP contribution < -0.4 is 4.90 Å². The van der Waals surface area contributed by atoms with Gasteiger partial charge in [0.1, 0.15) is 6.04 Å². The molecule has 0 atom stereocenters. The minimum absolute atomic E-state index is 0.435. The second kappa shape index (κ2) is 5.60. The van der Waals surface area contributed by atoms with Crippen molar-refractivity contribution in [1.29, 1.82) is 0 Å². The molecule has 1 aromatic carbocycles. The Morgan fingerprint density at radius 1 is 1.00 bits per heavy atom. The molecule has 0 N–H and O–H groups in total. The zero-order valence-corrected chi connectivity index (χ0v) is 10.4. The summed E-state index contributed by atoms with van der Waals surface area (Å²) in [5.74, 6) is 1.03. The molecule has 2 aromatic rings. The first-order valence-corrected chi connectivity index (χ1v) is 5.99. The molecule has 0 spiro atoms. The number of aromatic nitrogens is 1. The molecule has 2 nitrogen and oxygen atoms in total. The van der Waals surface area contributed by atoms with Crippen molar-refractivity contribution in [3.05, 3.63) is 60.3 Å². The predicted octanol–water partition coefficient (Wildman–Crippen LogP) is 3.46. The molecule has 2 heteroatoms. The van der Waals surface area contributed by atoms with Gasteiger partial charge in [-0.25, -0.2) is 4.98 Å². The van der Waals surface area contributed by atoms with Crippen LogP contribution in [0, 0.1) is 0 Å². The maximum absolute atomic E-state index is 4.42. The molecule has 17 heavy (non-hydrogen) atoms. The number of nitrogens with zero attached hydrogens (tertiary/aromatic N) is 2. The fraction of sp³-hybridized carbons (Fsp3) is 0.267. The average molecular weight is 226 g/mol. The second-order valence-electron chi connectivity index (χ2n) is 4.40. The molecule has 0 fully saturated rings. The molecule has 0 aliphatic heterocycles. The van der Waals surface area contributed by atoms with Crippen molar-refractivity contribution in [2.75, 3.05) is 0 Å². The number of benzene rings is 1. The normalized spacial score (nSPS) is 11.1. The third-order valence-electron chi connectivity index (χ3n) is 2.76. The minimum Gasteiger partial charge on any atom is -0.201 e. The Morgan fingerprint density at radius 3 is 2.29 bits per heavy atom. The molecule has 0 aliphatic carbocycles. The Kier molecular flexibility index (Phi) is 3.89. The van der Waals surface area contributed by atoms with Crippen molar-refractivity contribution in [1.82, 2.24) is 9.88 Å². The molecule has 1 aromatic heterocycles. The molecule has 0 bridgehead atoms. The minimum atomic E-state index is 0.435. The number of rotatable bonds is 4. The van der Waals surface area contributed by atoms with Crippen LogP contribution in [0.3, 0.4) is 0 Å². The summed E-state index contributed by atoms with van der Waals surface area (Å²) < 4.78 is 0. The Labute approximate surface area is 103 Å². The van der Waals surface area contributed by atoms with Gasteiger partial charge in [0, 0.05) is 17.8 Å². The van der Waals surface area contributed by atoms with Gasteiger partial charge in [0.05, 0.1) is 0 Å². The quantitative estimate of drug-likeness (QED) is 0.730. The Bertz CT molecular complexity index is 437. The summed E-state index contributed by atoms with van der Waals surface area (Å²) in [6, 6.07) is 17.0. The van der Waals surface area contributed by atoms with Gasteiger partial charge >= 0.3 is 0 Å². The van der Waals surface area contributed by atoms with Crippen LogP contribution in [0.25, 0.3) is 0 Å². The third-order valence-corrected chi connectivity index (χ3v) is 2.76. The Hall–Kier alpha value is -1.67. The van der Waals surface area contributed by atoms with Crippen molar-refractivity contribution in [2.45, 2.75) is 26.4 Å². The number of pyridine rings is 1. The van der Waals surface area contributed by atoms with E-state index in [9.17, 15) is 0 Å². The van der Waals surface area contributed by atoms with E-state index in [4.69, 9.17) is 0 Å². The topological polar surface area (TPSA) is 18.8 Å². The molecular formula is C15H18N2+. The highest BCUT2D eigenvalue weighted by atomic mass is 15.2. The van der Waals surface area contributed by atoms with E-state index in [1.807, 2.05) is 24.4 Å². The van der Waals surface area contributed by atoms with Crippen LogP contribution in [0.2, 0.25) is 0 Å². The molecule has 0 saturated heterocycles. The van der Waals surface area contributed by atoms with Crippen molar-refractivity contribution in [3.8, 4) is 0 Å². The Morgan fingerprint density at radius 2 is 1.71 bits per heavy atom. The first-order valence-electron chi connectivity index (χ1n) is 5.99. The first-order chi connectivity index (χ1) is 8.27. The van der Waals surface area contributed by atoms with Crippen molar-refractivity contribution in [3.63, 3.8) is 0 Å². The predicted molar refractivity (Wildman–Crippen MR) is 71.3 cm³/mol. The molecule has 2 rings (SSSR count). The van der Waals surface area contributed by atoms with Gasteiger partial charge in [0.15, 0.2) is 6.54 Å². The average Bonchev–Trinajstić information content (AvgIpc) is 2.38. The van der Waals surface area contributed by atoms with Gasteiger partial charge in [-0.2, -0.15) is 0 Å². The summed E-state index contributed by atoms with van der Waals surface area (Å²) in [6.45, 7) is 5.28. The van der Waals surface area contributed by atoms with Crippen LogP contribution >= 0.6 is 0 Å². The molecule has 1 heterocycles. The second-order valence-corrected chi connectivity index (χ2v) is 4.40. The van der Waals surface area contributed by atoms with Crippen LogP contribution in [0.5, 0.6) is 0 Å². The lowest BCUT2D eigenvalue weighted by molar-refractivity contribution is 0.438. The van der Waals surface area contributed by atoms with Crippen LogP contribution in [0.15, 0.2) is 54.7 Å². The summed E-state index contributed by atoms with van der Waals surface area (Å²) >= 11 is 0. The number of anilines is 1. The molecule has 0 aliphatic rings. The zero-order chi connectivity index (χ0) is 12.1. The fourth-order valence-electron chi connectivity index (χ4n) is 1.83. The van der Waals surface area contributed by atoms with E-state index in [-0.39, 0.29) is 0 Å². The van der Waals surface area contributed by atoms with Crippen molar-refractivity contribution >= 4 is 5.82 Å². The highest BCUT2D eigenvalue weighted by molar-refractivity contribution is 5.30. The van der Waals surface area contributed by atoms with Crippen LogP contribution in [0.4, 0.5) is 5.82 Å². The van der Waals surface area contributed by atoms with Gasteiger partial charge in [-0.15, -0.1) is 4.90 Å². The SMILES string of the molecule is CC(C)[N+](Cc1ccccc1)c1ccccn1. The zero-order valence-electron chi connectivity index (χ0n) is 10.4. The van der Waals surface area contributed by atoms with Gasteiger partial charge < -0.3 is 0 Å². The van der Waals surface area contributed by atoms with Crippen LogP contribution in [-0.4, -0.2) is 11.0 Å². The maximum Gasteiger partial charge on any atom is 0.276 e. The monoisotopic (exact) mass is 226 g/mol. The highest BCUT2D eigenvalue weighted by Gasteiger charge is 2.24. The van der Waals surface area contributed by atoms with Gasteiger partial charge in [-0.3, -0.25) is 0 Å². The molecule has 0 unspecified atom stereocenters. The summed E-state index contributed by atoms with van der Waals surface area (Å²) in [7, 11) is 0. The van der Waals surface area contributed by atoms with Gasteiger partial charge in [-0.05, 0) is 19.9 Å². The van der Waals surface area contributed by atoms with E-state index >= 15 is 0 Å². The largest absolute Gasteiger partial charge is 0.276 e. The molecule has 87 valence electrons. The van der Waals surface area contributed by atoms with E-state index in [1.165, 1.54) is 5.56 Å².